The summed E-state index contributed by atoms with van der Waals surface area (Å²) in [4.78, 5) is 30.1. The third-order valence-corrected chi connectivity index (χ3v) is 9.87. The summed E-state index contributed by atoms with van der Waals surface area (Å²) in [6.07, 6.45) is -0.974. The smallest absolute Gasteiger partial charge is 0.419 e. The summed E-state index contributed by atoms with van der Waals surface area (Å²) in [6, 6.07) is 18.6. The summed E-state index contributed by atoms with van der Waals surface area (Å²) in [7, 11) is 8.03. The zero-order valence-corrected chi connectivity index (χ0v) is 33.1. The molecule has 0 unspecified atom stereocenters. The number of nitriles is 1. The number of amides is 2. The van der Waals surface area contributed by atoms with Crippen molar-refractivity contribution in [3.63, 3.8) is 0 Å². The third-order valence-electron chi connectivity index (χ3n) is 9.87. The average Bonchev–Trinajstić information content (AvgIpc) is 3.19. The number of rotatable bonds is 11. The fourth-order valence-electron chi connectivity index (χ4n) is 6.77. The summed E-state index contributed by atoms with van der Waals surface area (Å²) in [5.74, 6) is -0.565. The Balaban J connectivity index is 0.000000218. The topological polar surface area (TPSA) is 125 Å². The number of benzene rings is 4. The van der Waals surface area contributed by atoms with Crippen LogP contribution in [0.15, 0.2) is 60.7 Å². The summed E-state index contributed by atoms with van der Waals surface area (Å²) >= 11 is 0. The largest absolute Gasteiger partial charge is 0.496 e. The molecule has 4 aromatic rings. The number of likely N-dealkylation sites (N-methyl/N-ethyl adjacent to an activating group) is 2. The molecule has 0 saturated carbocycles. The number of alkyl halides is 3. The van der Waals surface area contributed by atoms with E-state index < -0.39 is 23.4 Å². The molecule has 2 N–H and O–H groups in total. The Morgan fingerprint density at radius 3 is 2.05 bits per heavy atom. The minimum Gasteiger partial charge on any atom is -0.496 e. The normalized spacial score (nSPS) is 13.8. The number of nitrogens with zero attached hydrogens (tertiary/aromatic N) is 3. The number of carbonyl (C=O) groups excluding carboxylic acids is 2. The van der Waals surface area contributed by atoms with Gasteiger partial charge in [-0.15, -0.1) is 0 Å². The highest BCUT2D eigenvalue weighted by molar-refractivity contribution is 6.07. The Morgan fingerprint density at radius 1 is 0.772 bits per heavy atom. The fourth-order valence-corrected chi connectivity index (χ4v) is 6.77. The maximum absolute atomic E-state index is 13.3. The van der Waals surface area contributed by atoms with Crippen LogP contribution in [0.4, 0.5) is 24.5 Å². The zero-order chi connectivity index (χ0) is 41.3. The van der Waals surface area contributed by atoms with E-state index in [2.05, 4.69) is 46.5 Å². The van der Waals surface area contributed by atoms with E-state index in [0.29, 0.717) is 34.9 Å². The standard InChI is InChI=1S/C23H27N3O3.C20H21F3N2O3/c1-4-5-11-29-21-13-22(28-3)19(12-17(21)14-24)23(27)25-20-8-6-7-16-15-26(2)10-9-18(16)20;1-25-7-6-12-4-5-14(8-13(12)11-25)24-19(26)15-9-16(20(21,22)23)18(28-3)10-17(15)27-2/h6-8,12-13H,4-5,9-11,15H2,1-3H3,(H,25,27);4-5,8-10H,6-7,11H2,1-3H3,(H,24,26). The van der Waals surface area contributed by atoms with E-state index in [0.717, 1.165) is 87.9 Å². The molecule has 2 aliphatic rings. The van der Waals surface area contributed by atoms with Gasteiger partial charge in [-0.05, 0) is 85.9 Å². The van der Waals surface area contributed by atoms with E-state index in [1.54, 1.807) is 18.2 Å². The minimum absolute atomic E-state index is 0.0000401. The molecule has 0 aliphatic carbocycles. The van der Waals surface area contributed by atoms with Gasteiger partial charge in [-0.2, -0.15) is 18.4 Å². The number of hydrogen-bond donors (Lipinski definition) is 2. The van der Waals surface area contributed by atoms with Crippen LogP contribution in [-0.4, -0.2) is 76.7 Å². The van der Waals surface area contributed by atoms with Crippen LogP contribution in [0.25, 0.3) is 0 Å². The van der Waals surface area contributed by atoms with Crippen LogP contribution < -0.4 is 29.6 Å². The Kier molecular flexibility index (Phi) is 14.1. The van der Waals surface area contributed by atoms with Crippen molar-refractivity contribution in [1.29, 1.82) is 5.26 Å². The van der Waals surface area contributed by atoms with E-state index in [4.69, 9.17) is 18.9 Å². The van der Waals surface area contributed by atoms with Gasteiger partial charge >= 0.3 is 6.18 Å². The van der Waals surface area contributed by atoms with Gasteiger partial charge in [-0.3, -0.25) is 9.59 Å². The Labute approximate surface area is 331 Å². The number of halogens is 3. The van der Waals surface area contributed by atoms with Crippen LogP contribution in [0.1, 0.15) is 73.9 Å². The van der Waals surface area contributed by atoms with Crippen molar-refractivity contribution in [3.05, 3.63) is 105 Å². The molecular weight excluding hydrogens is 739 g/mol. The van der Waals surface area contributed by atoms with Crippen molar-refractivity contribution < 1.29 is 41.7 Å². The van der Waals surface area contributed by atoms with E-state index >= 15 is 0 Å². The van der Waals surface area contributed by atoms with Crippen LogP contribution in [0.5, 0.6) is 23.0 Å². The molecule has 0 saturated heterocycles. The first-order valence-corrected chi connectivity index (χ1v) is 18.6. The van der Waals surface area contributed by atoms with Gasteiger partial charge in [0.25, 0.3) is 11.8 Å². The molecule has 4 aromatic carbocycles. The van der Waals surface area contributed by atoms with Crippen molar-refractivity contribution >= 4 is 23.2 Å². The van der Waals surface area contributed by atoms with Gasteiger partial charge < -0.3 is 39.4 Å². The Bertz CT molecular complexity index is 2130. The highest BCUT2D eigenvalue weighted by Gasteiger charge is 2.36. The summed E-state index contributed by atoms with van der Waals surface area (Å²) in [6.45, 7) is 6.12. The van der Waals surface area contributed by atoms with Crippen molar-refractivity contribution in [2.45, 2.75) is 51.9 Å². The molecule has 11 nitrogen and oxygen atoms in total. The van der Waals surface area contributed by atoms with E-state index in [-0.39, 0.29) is 17.2 Å². The molecule has 0 fully saturated rings. The average molecular weight is 788 g/mol. The van der Waals surface area contributed by atoms with Crippen molar-refractivity contribution in [3.8, 4) is 29.1 Å². The molecule has 0 aromatic heterocycles. The molecule has 6 rings (SSSR count). The molecule has 2 heterocycles. The predicted molar refractivity (Wildman–Crippen MR) is 212 cm³/mol. The van der Waals surface area contributed by atoms with Gasteiger partial charge in [-0.25, -0.2) is 0 Å². The minimum atomic E-state index is -4.66. The van der Waals surface area contributed by atoms with Crippen LogP contribution in [-0.2, 0) is 32.1 Å². The van der Waals surface area contributed by atoms with Gasteiger partial charge in [0, 0.05) is 49.7 Å². The van der Waals surface area contributed by atoms with E-state index in [9.17, 15) is 28.0 Å². The van der Waals surface area contributed by atoms with Crippen molar-refractivity contribution in [1.82, 2.24) is 9.80 Å². The maximum atomic E-state index is 13.3. The lowest BCUT2D eigenvalue weighted by atomic mass is 9.98. The number of unbranched alkanes of at least 4 members (excludes halogenated alkanes) is 1. The molecule has 14 heteroatoms. The second-order valence-electron chi connectivity index (χ2n) is 13.9. The number of carbonyl (C=O) groups is 2. The molecule has 2 amide bonds. The van der Waals surface area contributed by atoms with Crippen LogP contribution in [0.2, 0.25) is 0 Å². The van der Waals surface area contributed by atoms with Gasteiger partial charge in [0.2, 0.25) is 0 Å². The Morgan fingerprint density at radius 2 is 1.40 bits per heavy atom. The molecule has 57 heavy (non-hydrogen) atoms. The van der Waals surface area contributed by atoms with E-state index in [1.807, 2.05) is 31.3 Å². The lowest BCUT2D eigenvalue weighted by molar-refractivity contribution is -0.138. The molecule has 302 valence electrons. The zero-order valence-electron chi connectivity index (χ0n) is 33.1. The predicted octanol–water partition coefficient (Wildman–Crippen LogP) is 7.95. The lowest BCUT2D eigenvalue weighted by Gasteiger charge is -2.26. The van der Waals surface area contributed by atoms with Crippen LogP contribution in [0.3, 0.4) is 0 Å². The number of hydrogen-bond acceptors (Lipinski definition) is 9. The van der Waals surface area contributed by atoms with Gasteiger partial charge in [-0.1, -0.05) is 31.5 Å². The number of nitrogens with one attached hydrogen (secondary N) is 2. The van der Waals surface area contributed by atoms with Crippen molar-refractivity contribution in [2.75, 3.05) is 65.8 Å². The fraction of sp³-hybridized carbons (Fsp3) is 0.372. The highest BCUT2D eigenvalue weighted by atomic mass is 19.4. The lowest BCUT2D eigenvalue weighted by Crippen LogP contribution is -2.27. The number of ether oxygens (including phenoxy) is 4. The maximum Gasteiger partial charge on any atom is 0.419 e. The molecule has 0 radical (unpaired) electrons. The third kappa shape index (κ3) is 10.3. The first kappa shape index (κ1) is 42.4. The quantitative estimate of drug-likeness (QED) is 0.146. The van der Waals surface area contributed by atoms with Crippen LogP contribution in [0, 0.1) is 11.3 Å². The second-order valence-corrected chi connectivity index (χ2v) is 13.9. The summed E-state index contributed by atoms with van der Waals surface area (Å²) in [5.41, 5.74) is 5.40. The molecule has 0 bridgehead atoms. The number of fused-ring (bicyclic) bond motifs is 2. The number of methoxy groups -OCH3 is 3. The number of anilines is 2. The Hall–Kier alpha value is -5.78. The first-order chi connectivity index (χ1) is 27.3. The molecular formula is C43H48F3N5O6. The molecule has 0 atom stereocenters. The van der Waals surface area contributed by atoms with Gasteiger partial charge in [0.05, 0.1) is 50.2 Å². The van der Waals surface area contributed by atoms with Gasteiger partial charge in [0.1, 0.15) is 29.1 Å². The summed E-state index contributed by atoms with van der Waals surface area (Å²) < 4.78 is 61.0. The SMILES string of the molecule is CCCCOc1cc(OC)c(C(=O)Nc2cccc3c2CCN(C)C3)cc1C#N.COc1cc(OC)c(C(F)(F)F)cc1C(=O)Nc1ccc2c(c1)CN(C)CC2. The molecule has 2 aliphatic heterocycles. The summed E-state index contributed by atoms with van der Waals surface area (Å²) in [5, 5.41) is 15.2. The van der Waals surface area contributed by atoms with Crippen molar-refractivity contribution in [2.24, 2.45) is 0 Å². The molecule has 0 spiro atoms. The highest BCUT2D eigenvalue weighted by Crippen LogP contribution is 2.40. The first-order valence-electron chi connectivity index (χ1n) is 18.6. The van der Waals surface area contributed by atoms with Gasteiger partial charge in [0.15, 0.2) is 0 Å². The monoisotopic (exact) mass is 787 g/mol. The second kappa shape index (κ2) is 18.9. The van der Waals surface area contributed by atoms with E-state index in [1.165, 1.54) is 25.3 Å². The van der Waals surface area contributed by atoms with Crippen LogP contribution >= 0.6 is 0 Å².